The number of halogens is 2. The SMILES string of the molecule is CNCC(c1ccc(Cl)c(Cl)c1)[C@H](O)c1cccc(OC)n1. The van der Waals surface area contributed by atoms with Crippen LogP contribution in [0.4, 0.5) is 0 Å². The maximum Gasteiger partial charge on any atom is 0.213 e. The summed E-state index contributed by atoms with van der Waals surface area (Å²) in [6.45, 7) is 0.567. The quantitative estimate of drug-likeness (QED) is 0.845. The molecular weight excluding hydrogens is 323 g/mol. The lowest BCUT2D eigenvalue weighted by atomic mass is 9.91. The van der Waals surface area contributed by atoms with Gasteiger partial charge in [0.1, 0.15) is 6.10 Å². The highest BCUT2D eigenvalue weighted by atomic mass is 35.5. The number of aromatic nitrogens is 1. The Morgan fingerprint density at radius 3 is 2.64 bits per heavy atom. The second-order valence-corrected chi connectivity index (χ2v) is 5.70. The van der Waals surface area contributed by atoms with E-state index < -0.39 is 6.10 Å². The van der Waals surface area contributed by atoms with Gasteiger partial charge in [0.15, 0.2) is 0 Å². The van der Waals surface area contributed by atoms with Crippen LogP contribution >= 0.6 is 23.2 Å². The molecule has 0 amide bonds. The molecule has 4 nitrogen and oxygen atoms in total. The molecule has 2 aromatic rings. The average Bonchev–Trinajstić information content (AvgIpc) is 2.54. The van der Waals surface area contributed by atoms with Gasteiger partial charge in [-0.3, -0.25) is 0 Å². The Labute approximate surface area is 140 Å². The van der Waals surface area contributed by atoms with Gasteiger partial charge in [-0.25, -0.2) is 4.98 Å². The number of likely N-dealkylation sites (N-methyl/N-ethyl adjacent to an activating group) is 1. The van der Waals surface area contributed by atoms with Gasteiger partial charge in [-0.2, -0.15) is 0 Å². The lowest BCUT2D eigenvalue weighted by molar-refractivity contribution is 0.139. The van der Waals surface area contributed by atoms with Gasteiger partial charge in [0.2, 0.25) is 5.88 Å². The predicted octanol–water partition coefficient (Wildman–Crippen LogP) is 3.43. The standard InChI is InChI=1S/C16H18Cl2N2O2/c1-19-9-11(10-6-7-12(17)13(18)8-10)16(21)14-4-3-5-15(20-14)22-2/h3-8,11,16,19,21H,9H2,1-2H3/t11?,16-/m0/s1. The zero-order valence-electron chi connectivity index (χ0n) is 12.4. The summed E-state index contributed by atoms with van der Waals surface area (Å²) in [7, 11) is 3.37. The normalized spacial score (nSPS) is 13.7. The predicted molar refractivity (Wildman–Crippen MR) is 88.9 cm³/mol. The van der Waals surface area contributed by atoms with Gasteiger partial charge >= 0.3 is 0 Å². The first-order valence-corrected chi connectivity index (χ1v) is 7.61. The van der Waals surface area contributed by atoms with Crippen molar-refractivity contribution in [3.05, 3.63) is 57.7 Å². The summed E-state index contributed by atoms with van der Waals surface area (Å²) in [6, 6.07) is 10.7. The van der Waals surface area contributed by atoms with E-state index in [9.17, 15) is 5.11 Å². The fraction of sp³-hybridized carbons (Fsp3) is 0.312. The van der Waals surface area contributed by atoms with Gasteiger partial charge in [0.05, 0.1) is 22.8 Å². The number of nitrogens with zero attached hydrogens (tertiary/aromatic N) is 1. The molecule has 1 unspecified atom stereocenters. The van der Waals surface area contributed by atoms with Crippen molar-refractivity contribution >= 4 is 23.2 Å². The van der Waals surface area contributed by atoms with E-state index in [1.54, 1.807) is 37.4 Å². The van der Waals surface area contributed by atoms with Gasteiger partial charge in [0.25, 0.3) is 0 Å². The van der Waals surface area contributed by atoms with Gasteiger partial charge in [-0.15, -0.1) is 0 Å². The highest BCUT2D eigenvalue weighted by Crippen LogP contribution is 2.33. The van der Waals surface area contributed by atoms with Crippen LogP contribution in [0.5, 0.6) is 5.88 Å². The molecule has 6 heteroatoms. The van der Waals surface area contributed by atoms with Crippen LogP contribution in [-0.2, 0) is 0 Å². The fourth-order valence-corrected chi connectivity index (χ4v) is 2.60. The van der Waals surface area contributed by atoms with Crippen LogP contribution in [0.3, 0.4) is 0 Å². The number of hydrogen-bond donors (Lipinski definition) is 2. The van der Waals surface area contributed by atoms with Crippen LogP contribution in [0, 0.1) is 0 Å². The van der Waals surface area contributed by atoms with Crippen molar-refractivity contribution in [3.63, 3.8) is 0 Å². The molecule has 1 aromatic carbocycles. The number of methoxy groups -OCH3 is 1. The maximum absolute atomic E-state index is 10.7. The second-order valence-electron chi connectivity index (χ2n) is 4.89. The average molecular weight is 341 g/mol. The lowest BCUT2D eigenvalue weighted by Gasteiger charge is -2.23. The van der Waals surface area contributed by atoms with Crippen LogP contribution in [-0.4, -0.2) is 30.8 Å². The summed E-state index contributed by atoms with van der Waals surface area (Å²) in [5, 5.41) is 14.7. The fourth-order valence-electron chi connectivity index (χ4n) is 2.29. The molecule has 1 aromatic heterocycles. The molecule has 2 N–H and O–H groups in total. The molecule has 22 heavy (non-hydrogen) atoms. The molecule has 0 aliphatic rings. The highest BCUT2D eigenvalue weighted by molar-refractivity contribution is 6.42. The van der Waals surface area contributed by atoms with Gasteiger partial charge < -0.3 is 15.2 Å². The van der Waals surface area contributed by atoms with Crippen molar-refractivity contribution in [2.75, 3.05) is 20.7 Å². The molecule has 1 heterocycles. The Morgan fingerprint density at radius 1 is 1.23 bits per heavy atom. The largest absolute Gasteiger partial charge is 0.481 e. The molecule has 0 fully saturated rings. The number of hydrogen-bond acceptors (Lipinski definition) is 4. The molecule has 0 saturated carbocycles. The van der Waals surface area contributed by atoms with Gasteiger partial charge in [-0.05, 0) is 30.8 Å². The molecular formula is C16H18Cl2N2O2. The topological polar surface area (TPSA) is 54.4 Å². The van der Waals surface area contributed by atoms with E-state index in [0.717, 1.165) is 5.56 Å². The van der Waals surface area contributed by atoms with E-state index in [0.29, 0.717) is 28.2 Å². The minimum absolute atomic E-state index is 0.209. The minimum atomic E-state index is -0.792. The molecule has 0 aliphatic carbocycles. The van der Waals surface area contributed by atoms with E-state index in [2.05, 4.69) is 10.3 Å². The molecule has 0 spiro atoms. The Kier molecular flexibility index (Phi) is 6.03. The Hall–Kier alpha value is -1.33. The molecule has 2 rings (SSSR count). The Bertz CT molecular complexity index is 637. The smallest absolute Gasteiger partial charge is 0.213 e. The summed E-state index contributed by atoms with van der Waals surface area (Å²) in [6.07, 6.45) is -0.792. The number of aliphatic hydroxyl groups excluding tert-OH is 1. The van der Waals surface area contributed by atoms with E-state index >= 15 is 0 Å². The number of rotatable bonds is 6. The summed E-state index contributed by atoms with van der Waals surface area (Å²) >= 11 is 12.0. The Balaban J connectivity index is 2.35. The summed E-state index contributed by atoms with van der Waals surface area (Å²) in [5.41, 5.74) is 1.44. The summed E-state index contributed by atoms with van der Waals surface area (Å²) in [5.74, 6) is 0.258. The van der Waals surface area contributed by atoms with Crippen LogP contribution in [0.25, 0.3) is 0 Å². The highest BCUT2D eigenvalue weighted by Gasteiger charge is 2.24. The molecule has 2 atom stereocenters. The minimum Gasteiger partial charge on any atom is -0.481 e. The van der Waals surface area contributed by atoms with Gasteiger partial charge in [0, 0.05) is 18.5 Å². The first-order chi connectivity index (χ1) is 10.6. The van der Waals surface area contributed by atoms with Crippen molar-refractivity contribution in [1.82, 2.24) is 10.3 Å². The van der Waals surface area contributed by atoms with Crippen LogP contribution in [0.15, 0.2) is 36.4 Å². The molecule has 118 valence electrons. The van der Waals surface area contributed by atoms with E-state index in [4.69, 9.17) is 27.9 Å². The van der Waals surface area contributed by atoms with Crippen LogP contribution in [0.2, 0.25) is 10.0 Å². The number of ether oxygens (including phenoxy) is 1. The van der Waals surface area contributed by atoms with Crippen molar-refractivity contribution in [3.8, 4) is 5.88 Å². The number of benzene rings is 1. The number of nitrogens with one attached hydrogen (secondary N) is 1. The Morgan fingerprint density at radius 2 is 2.00 bits per heavy atom. The van der Waals surface area contributed by atoms with Crippen molar-refractivity contribution < 1.29 is 9.84 Å². The third kappa shape index (κ3) is 3.90. The summed E-state index contributed by atoms with van der Waals surface area (Å²) in [4.78, 5) is 4.30. The van der Waals surface area contributed by atoms with Crippen LogP contribution < -0.4 is 10.1 Å². The van der Waals surface area contributed by atoms with E-state index in [-0.39, 0.29) is 5.92 Å². The molecule has 0 radical (unpaired) electrons. The number of aliphatic hydroxyl groups is 1. The maximum atomic E-state index is 10.7. The molecule has 0 bridgehead atoms. The zero-order valence-corrected chi connectivity index (χ0v) is 13.9. The van der Waals surface area contributed by atoms with E-state index in [1.807, 2.05) is 13.1 Å². The monoisotopic (exact) mass is 340 g/mol. The second kappa shape index (κ2) is 7.79. The van der Waals surface area contributed by atoms with Crippen molar-refractivity contribution in [2.45, 2.75) is 12.0 Å². The lowest BCUT2D eigenvalue weighted by Crippen LogP contribution is -2.23. The molecule has 0 aliphatic heterocycles. The number of pyridine rings is 1. The van der Waals surface area contributed by atoms with Crippen molar-refractivity contribution in [1.29, 1.82) is 0 Å². The first-order valence-electron chi connectivity index (χ1n) is 6.85. The first kappa shape index (κ1) is 17.0. The third-order valence-electron chi connectivity index (χ3n) is 3.43. The third-order valence-corrected chi connectivity index (χ3v) is 4.17. The van der Waals surface area contributed by atoms with Gasteiger partial charge in [-0.1, -0.05) is 35.3 Å². The summed E-state index contributed by atoms with van der Waals surface area (Å²) < 4.78 is 5.11. The van der Waals surface area contributed by atoms with E-state index in [1.165, 1.54) is 0 Å². The van der Waals surface area contributed by atoms with Crippen LogP contribution in [0.1, 0.15) is 23.3 Å². The van der Waals surface area contributed by atoms with Crippen molar-refractivity contribution in [2.24, 2.45) is 0 Å². The molecule has 0 saturated heterocycles. The zero-order chi connectivity index (χ0) is 16.1.